The first kappa shape index (κ1) is 21.4. The Labute approximate surface area is 179 Å². The van der Waals surface area contributed by atoms with Crippen molar-refractivity contribution in [1.82, 2.24) is 15.5 Å². The lowest BCUT2D eigenvalue weighted by molar-refractivity contribution is -0.127. The highest BCUT2D eigenvalue weighted by Crippen LogP contribution is 2.31. The molecule has 1 N–H and O–H groups in total. The van der Waals surface area contributed by atoms with E-state index in [9.17, 15) is 4.79 Å². The fourth-order valence-electron chi connectivity index (χ4n) is 2.67. The molecule has 3 rings (SSSR count). The third-order valence-corrected chi connectivity index (χ3v) is 4.77. The van der Waals surface area contributed by atoms with Gasteiger partial charge in [0.1, 0.15) is 17.2 Å². The number of hydrogen-bond acceptors (Lipinski definition) is 7. The monoisotopic (exact) mass is 431 g/mol. The van der Waals surface area contributed by atoms with Crippen molar-refractivity contribution in [1.29, 1.82) is 0 Å². The minimum Gasteiger partial charge on any atom is -0.497 e. The van der Waals surface area contributed by atoms with Crippen LogP contribution < -0.4 is 19.5 Å². The molecular weight excluding hydrogens is 410 g/mol. The van der Waals surface area contributed by atoms with E-state index in [1.54, 1.807) is 57.5 Å². The number of aromatic nitrogens is 2. The van der Waals surface area contributed by atoms with Gasteiger partial charge in [0, 0.05) is 11.1 Å². The molecule has 8 nitrogen and oxygen atoms in total. The molecule has 1 atom stereocenters. The summed E-state index contributed by atoms with van der Waals surface area (Å²) >= 11 is 6.01. The van der Waals surface area contributed by atoms with Gasteiger partial charge in [-0.2, -0.15) is 4.98 Å². The van der Waals surface area contributed by atoms with Crippen molar-refractivity contribution in [2.45, 2.75) is 26.5 Å². The van der Waals surface area contributed by atoms with E-state index in [1.165, 1.54) is 0 Å². The van der Waals surface area contributed by atoms with Crippen LogP contribution in [0.2, 0.25) is 5.02 Å². The third-order valence-electron chi connectivity index (χ3n) is 4.34. The van der Waals surface area contributed by atoms with Crippen molar-refractivity contribution in [3.05, 3.63) is 52.9 Å². The zero-order valence-corrected chi connectivity index (χ0v) is 17.8. The molecule has 2 aromatic carbocycles. The van der Waals surface area contributed by atoms with Crippen molar-refractivity contribution >= 4 is 17.5 Å². The van der Waals surface area contributed by atoms with Crippen LogP contribution in [0.3, 0.4) is 0 Å². The number of rotatable bonds is 8. The fourth-order valence-corrected chi connectivity index (χ4v) is 2.79. The molecule has 0 bridgehead atoms. The number of nitrogens with one attached hydrogen (secondary N) is 1. The quantitative estimate of drug-likeness (QED) is 0.579. The Balaban J connectivity index is 1.61. The summed E-state index contributed by atoms with van der Waals surface area (Å²) in [4.78, 5) is 16.6. The topological polar surface area (TPSA) is 95.7 Å². The summed E-state index contributed by atoms with van der Waals surface area (Å²) < 4.78 is 21.4. The molecule has 158 valence electrons. The minimum absolute atomic E-state index is 0.0671. The molecule has 30 heavy (non-hydrogen) atoms. The van der Waals surface area contributed by atoms with Gasteiger partial charge in [-0.25, -0.2) is 0 Å². The predicted molar refractivity (Wildman–Crippen MR) is 111 cm³/mol. The number of amides is 1. The maximum Gasteiger partial charge on any atom is 0.261 e. The van der Waals surface area contributed by atoms with Gasteiger partial charge in [0.05, 0.1) is 26.3 Å². The summed E-state index contributed by atoms with van der Waals surface area (Å²) in [5.41, 5.74) is 1.52. The maximum absolute atomic E-state index is 12.3. The Morgan fingerprint density at radius 1 is 1.17 bits per heavy atom. The van der Waals surface area contributed by atoms with E-state index < -0.39 is 6.10 Å². The molecule has 1 aromatic heterocycles. The van der Waals surface area contributed by atoms with Crippen molar-refractivity contribution < 1.29 is 23.5 Å². The number of benzene rings is 2. The molecule has 0 unspecified atom stereocenters. The van der Waals surface area contributed by atoms with E-state index in [1.807, 2.05) is 6.92 Å². The predicted octanol–water partition coefficient (Wildman–Crippen LogP) is 3.80. The molecule has 9 heteroatoms. The molecule has 0 radical (unpaired) electrons. The van der Waals surface area contributed by atoms with Crippen LogP contribution in [0, 0.1) is 6.92 Å². The Bertz CT molecular complexity index is 1040. The summed E-state index contributed by atoms with van der Waals surface area (Å²) in [6.45, 7) is 3.59. The van der Waals surface area contributed by atoms with E-state index in [-0.39, 0.29) is 18.3 Å². The molecule has 0 fully saturated rings. The first-order valence-corrected chi connectivity index (χ1v) is 9.54. The summed E-state index contributed by atoms with van der Waals surface area (Å²) in [7, 11) is 3.12. The van der Waals surface area contributed by atoms with Crippen LogP contribution in [0.25, 0.3) is 11.4 Å². The maximum atomic E-state index is 12.3. The van der Waals surface area contributed by atoms with E-state index in [0.717, 1.165) is 5.56 Å². The molecule has 0 saturated carbocycles. The third kappa shape index (κ3) is 5.01. The van der Waals surface area contributed by atoms with Crippen molar-refractivity contribution in [2.24, 2.45) is 0 Å². The van der Waals surface area contributed by atoms with Gasteiger partial charge in [-0.15, -0.1) is 0 Å². The van der Waals surface area contributed by atoms with Crippen molar-refractivity contribution in [3.63, 3.8) is 0 Å². The van der Waals surface area contributed by atoms with Crippen LogP contribution in [0.1, 0.15) is 18.4 Å². The van der Waals surface area contributed by atoms with E-state index >= 15 is 0 Å². The Kier molecular flexibility index (Phi) is 6.79. The van der Waals surface area contributed by atoms with Crippen LogP contribution in [-0.2, 0) is 11.3 Å². The van der Waals surface area contributed by atoms with Gasteiger partial charge >= 0.3 is 0 Å². The lowest BCUT2D eigenvalue weighted by Crippen LogP contribution is -2.36. The largest absolute Gasteiger partial charge is 0.497 e. The second-order valence-corrected chi connectivity index (χ2v) is 6.87. The number of hydrogen-bond donors (Lipinski definition) is 1. The SMILES string of the molecule is COc1ccc(-c2noc(CNC(=O)[C@@H](C)Oc3ccc(Cl)c(C)c3)n2)c(OC)c1. The fraction of sp³-hybridized carbons (Fsp3) is 0.286. The van der Waals surface area contributed by atoms with Gasteiger partial charge in [0.25, 0.3) is 5.91 Å². The first-order valence-electron chi connectivity index (χ1n) is 9.16. The Morgan fingerprint density at radius 3 is 2.63 bits per heavy atom. The van der Waals surface area contributed by atoms with Gasteiger partial charge in [-0.05, 0) is 49.7 Å². The molecule has 0 spiro atoms. The van der Waals surface area contributed by atoms with Crippen LogP contribution in [0.4, 0.5) is 0 Å². The average molecular weight is 432 g/mol. The van der Waals surface area contributed by atoms with E-state index in [0.29, 0.717) is 33.7 Å². The number of carbonyl (C=O) groups is 1. The summed E-state index contributed by atoms with van der Waals surface area (Å²) in [6, 6.07) is 10.5. The number of carbonyl (C=O) groups excluding carboxylic acids is 1. The lowest BCUT2D eigenvalue weighted by atomic mass is 10.2. The summed E-state index contributed by atoms with van der Waals surface area (Å²) in [5.74, 6) is 2.04. The van der Waals surface area contributed by atoms with Gasteiger partial charge in [0.2, 0.25) is 11.7 Å². The number of halogens is 1. The van der Waals surface area contributed by atoms with Crippen molar-refractivity contribution in [3.8, 4) is 28.6 Å². The zero-order valence-electron chi connectivity index (χ0n) is 17.1. The van der Waals surface area contributed by atoms with Crippen molar-refractivity contribution in [2.75, 3.05) is 14.2 Å². The van der Waals surface area contributed by atoms with Gasteiger partial charge in [-0.3, -0.25) is 4.79 Å². The first-order chi connectivity index (χ1) is 14.4. The molecule has 3 aromatic rings. The second-order valence-electron chi connectivity index (χ2n) is 6.47. The molecule has 1 amide bonds. The molecular formula is C21H22ClN3O5. The molecule has 0 aliphatic carbocycles. The number of methoxy groups -OCH3 is 2. The number of nitrogens with zero attached hydrogens (tertiary/aromatic N) is 2. The second kappa shape index (κ2) is 9.49. The number of aryl methyl sites for hydroxylation is 1. The van der Waals surface area contributed by atoms with E-state index in [2.05, 4.69) is 15.5 Å². The highest BCUT2D eigenvalue weighted by Gasteiger charge is 2.18. The normalized spacial score (nSPS) is 11.6. The zero-order chi connectivity index (χ0) is 21.7. The van der Waals surface area contributed by atoms with Crippen LogP contribution >= 0.6 is 11.6 Å². The average Bonchev–Trinajstić information content (AvgIpc) is 3.22. The molecule has 1 heterocycles. The highest BCUT2D eigenvalue weighted by molar-refractivity contribution is 6.31. The highest BCUT2D eigenvalue weighted by atomic mass is 35.5. The molecule has 0 saturated heterocycles. The smallest absolute Gasteiger partial charge is 0.261 e. The summed E-state index contributed by atoms with van der Waals surface area (Å²) in [6.07, 6.45) is -0.713. The summed E-state index contributed by atoms with van der Waals surface area (Å²) in [5, 5.41) is 7.32. The van der Waals surface area contributed by atoms with E-state index in [4.69, 9.17) is 30.3 Å². The van der Waals surface area contributed by atoms with Crippen LogP contribution in [0.15, 0.2) is 40.9 Å². The van der Waals surface area contributed by atoms with Gasteiger partial charge in [0.15, 0.2) is 6.10 Å². The molecule has 0 aliphatic rings. The minimum atomic E-state index is -0.713. The molecule has 0 aliphatic heterocycles. The Morgan fingerprint density at radius 2 is 1.93 bits per heavy atom. The number of ether oxygens (including phenoxy) is 3. The van der Waals surface area contributed by atoms with Gasteiger partial charge in [-0.1, -0.05) is 16.8 Å². The lowest BCUT2D eigenvalue weighted by Gasteiger charge is -2.14. The van der Waals surface area contributed by atoms with Crippen LogP contribution in [-0.4, -0.2) is 36.4 Å². The standard InChI is InChI=1S/C21H22ClN3O5/c1-12-9-15(6-8-17(12)22)29-13(2)21(26)23-11-19-24-20(25-30-19)16-7-5-14(27-3)10-18(16)28-4/h5-10,13H,11H2,1-4H3,(H,23,26)/t13-/m1/s1. The van der Waals surface area contributed by atoms with Crippen LogP contribution in [0.5, 0.6) is 17.2 Å². The Hall–Kier alpha value is -3.26. The van der Waals surface area contributed by atoms with Gasteiger partial charge < -0.3 is 24.1 Å².